The Morgan fingerprint density at radius 1 is 1.05 bits per heavy atom. The van der Waals surface area contributed by atoms with Crippen molar-refractivity contribution in [2.45, 2.75) is 93.3 Å². The highest BCUT2D eigenvalue weighted by Gasteiger charge is 2.93. The smallest absolute Gasteiger partial charge is 0.342 e. The Hall–Kier alpha value is -2.18. The third-order valence-corrected chi connectivity index (χ3v) is 12.7. The molecule has 0 aromatic heterocycles. The van der Waals surface area contributed by atoms with Gasteiger partial charge >= 0.3 is 11.9 Å². The van der Waals surface area contributed by atoms with E-state index < -0.39 is 98.4 Å². The maximum atomic E-state index is 14.9. The second kappa shape index (κ2) is 6.49. The minimum Gasteiger partial charge on any atom is -0.458 e. The third-order valence-electron chi connectivity index (χ3n) is 12.7. The normalized spacial score (nSPS) is 62.0. The number of aliphatic hydroxyl groups excluding tert-OH is 1. The Labute approximate surface area is 223 Å². The minimum absolute atomic E-state index is 0.0207. The number of carbonyl (C=O) groups is 4. The number of ether oxygens (including phenoxy) is 4. The van der Waals surface area contributed by atoms with Crippen LogP contribution in [0.3, 0.4) is 0 Å². The van der Waals surface area contributed by atoms with Gasteiger partial charge in [0.2, 0.25) is 5.79 Å². The van der Waals surface area contributed by atoms with Gasteiger partial charge in [0.15, 0.2) is 28.4 Å². The van der Waals surface area contributed by atoms with Crippen molar-refractivity contribution in [3.63, 3.8) is 0 Å². The van der Waals surface area contributed by atoms with Gasteiger partial charge in [-0.1, -0.05) is 13.0 Å². The van der Waals surface area contributed by atoms with E-state index in [9.17, 15) is 34.5 Å². The average Bonchev–Trinajstić information content (AvgIpc) is 3.19. The molecule has 8 aliphatic rings. The SMILES string of the molecule is C[C@@]12C[C@H]3OC(=O)[C@@H]1CO[C@@]14O[C@@]5([C@H]2C1=O)[C@](O)(CC[C@@H]1[C@@H]4C[C@H](O)[C@]2(O)CC=CC(=O)[C@]12C)C(=O)O[C@]35C. The summed E-state index contributed by atoms with van der Waals surface area (Å²) in [5, 5.41) is 35.6. The molecule has 13 atom stereocenters. The lowest BCUT2D eigenvalue weighted by Crippen LogP contribution is -2.79. The van der Waals surface area contributed by atoms with Crippen LogP contribution in [0, 0.1) is 34.5 Å². The average molecular weight is 545 g/mol. The molecule has 39 heavy (non-hydrogen) atoms. The van der Waals surface area contributed by atoms with Gasteiger partial charge in [-0.05, 0) is 63.4 Å². The van der Waals surface area contributed by atoms with Crippen molar-refractivity contribution in [3.8, 4) is 0 Å². The zero-order valence-electron chi connectivity index (χ0n) is 22.0. The second-order valence-corrected chi connectivity index (χ2v) is 13.8. The van der Waals surface area contributed by atoms with E-state index in [2.05, 4.69) is 0 Å². The summed E-state index contributed by atoms with van der Waals surface area (Å²) < 4.78 is 24.9. The predicted molar refractivity (Wildman–Crippen MR) is 125 cm³/mol. The summed E-state index contributed by atoms with van der Waals surface area (Å²) in [6.07, 6.45) is 0.491. The lowest BCUT2D eigenvalue weighted by Gasteiger charge is -2.64. The fraction of sp³-hybridized carbons (Fsp3) is 0.786. The van der Waals surface area contributed by atoms with Crippen LogP contribution in [0.15, 0.2) is 12.2 Å². The number of ketones is 2. The van der Waals surface area contributed by atoms with Gasteiger partial charge in [0.1, 0.15) is 11.7 Å². The van der Waals surface area contributed by atoms with E-state index in [0.717, 1.165) is 0 Å². The van der Waals surface area contributed by atoms with Crippen LogP contribution in [-0.4, -0.2) is 85.8 Å². The topological polar surface area (TPSA) is 166 Å². The zero-order chi connectivity index (χ0) is 27.8. The Balaban J connectivity index is 1.43. The van der Waals surface area contributed by atoms with Crippen LogP contribution in [0.4, 0.5) is 0 Å². The number of Topliss-reactive ketones (excluding diaryl/α,β-unsaturated/α-hetero) is 1. The van der Waals surface area contributed by atoms with Gasteiger partial charge in [-0.2, -0.15) is 0 Å². The molecule has 2 spiro atoms. The molecule has 0 aromatic carbocycles. The van der Waals surface area contributed by atoms with E-state index >= 15 is 0 Å². The molecule has 7 fully saturated rings. The lowest BCUT2D eigenvalue weighted by atomic mass is 9.46. The van der Waals surface area contributed by atoms with Crippen molar-refractivity contribution >= 4 is 23.5 Å². The second-order valence-electron chi connectivity index (χ2n) is 13.8. The molecular weight excluding hydrogens is 512 g/mol. The molecule has 210 valence electrons. The first kappa shape index (κ1) is 24.6. The van der Waals surface area contributed by atoms with Crippen LogP contribution in [-0.2, 0) is 38.1 Å². The van der Waals surface area contributed by atoms with Crippen LogP contribution in [0.2, 0.25) is 0 Å². The van der Waals surface area contributed by atoms with Crippen LogP contribution in [0.5, 0.6) is 0 Å². The molecule has 0 amide bonds. The van der Waals surface area contributed by atoms with Gasteiger partial charge in [-0.25, -0.2) is 4.79 Å². The van der Waals surface area contributed by atoms with Gasteiger partial charge in [-0.15, -0.1) is 0 Å². The number of esters is 2. The molecule has 0 unspecified atom stereocenters. The highest BCUT2D eigenvalue weighted by molar-refractivity contribution is 6.00. The zero-order valence-corrected chi connectivity index (χ0v) is 22.0. The fourth-order valence-electron chi connectivity index (χ4n) is 10.6. The van der Waals surface area contributed by atoms with Crippen molar-refractivity contribution < 1.29 is 53.4 Å². The van der Waals surface area contributed by atoms with Crippen LogP contribution in [0.25, 0.3) is 0 Å². The van der Waals surface area contributed by atoms with Crippen LogP contribution >= 0.6 is 0 Å². The molecule has 11 nitrogen and oxygen atoms in total. The molecule has 5 bridgehead atoms. The van der Waals surface area contributed by atoms with Gasteiger partial charge in [-0.3, -0.25) is 14.4 Å². The van der Waals surface area contributed by atoms with Crippen LogP contribution in [0.1, 0.15) is 52.9 Å². The number of hydrogen-bond acceptors (Lipinski definition) is 11. The Morgan fingerprint density at radius 2 is 1.79 bits per heavy atom. The molecule has 0 radical (unpaired) electrons. The van der Waals surface area contributed by atoms with Gasteiger partial charge in [0.25, 0.3) is 0 Å². The van der Waals surface area contributed by atoms with Crippen LogP contribution < -0.4 is 0 Å². The highest BCUT2D eigenvalue weighted by Crippen LogP contribution is 2.75. The van der Waals surface area contributed by atoms with Crippen molar-refractivity contribution in [3.05, 3.63) is 12.2 Å². The predicted octanol–water partition coefficient (Wildman–Crippen LogP) is -0.277. The summed E-state index contributed by atoms with van der Waals surface area (Å²) in [5.41, 5.74) is -10.4. The van der Waals surface area contributed by atoms with E-state index in [4.69, 9.17) is 18.9 Å². The van der Waals surface area contributed by atoms with Crippen molar-refractivity contribution in [1.29, 1.82) is 0 Å². The molecular formula is C28H32O11. The van der Waals surface area contributed by atoms with Crippen molar-refractivity contribution in [2.24, 2.45) is 34.5 Å². The molecule has 0 aromatic rings. The number of carbonyl (C=O) groups excluding carboxylic acids is 4. The third kappa shape index (κ3) is 2.10. The van der Waals surface area contributed by atoms with E-state index in [0.29, 0.717) is 0 Å². The summed E-state index contributed by atoms with van der Waals surface area (Å²) in [6.45, 7) is 4.69. The lowest BCUT2D eigenvalue weighted by molar-refractivity contribution is -0.382. The van der Waals surface area contributed by atoms with E-state index in [1.54, 1.807) is 20.8 Å². The summed E-state index contributed by atoms with van der Waals surface area (Å²) in [6, 6.07) is 0. The summed E-state index contributed by atoms with van der Waals surface area (Å²) >= 11 is 0. The Bertz CT molecular complexity index is 1330. The van der Waals surface area contributed by atoms with Crippen molar-refractivity contribution in [1.82, 2.24) is 0 Å². The number of allylic oxidation sites excluding steroid dienone is 1. The maximum absolute atomic E-state index is 14.9. The molecule has 5 heterocycles. The molecule has 3 N–H and O–H groups in total. The first-order chi connectivity index (χ1) is 18.2. The Morgan fingerprint density at radius 3 is 2.54 bits per heavy atom. The standard InChI is InChI=1S/C28H32O11/c1-22-10-17-24(3)28-18(22)19(31)27(39-28,36-11-14(22)20(32)37-17)13-9-16(30)25(34)7-4-5-15(29)23(25,2)12(13)6-8-26(28,35)21(33)38-24/h4-5,12-14,16-18,30,34-35H,6-11H2,1-3H3/t12-,13+,14+,16+,17-,18+,22-,23+,24-,25-,26+,27+,28-/m1/s1. The van der Waals surface area contributed by atoms with Gasteiger partial charge in [0.05, 0.1) is 30.0 Å². The Kier molecular flexibility index (Phi) is 4.09. The maximum Gasteiger partial charge on any atom is 0.342 e. The molecule has 5 aliphatic heterocycles. The number of aliphatic hydroxyl groups is 3. The molecule has 3 aliphatic carbocycles. The number of fused-ring (bicyclic) bond motifs is 5. The molecule has 11 heteroatoms. The summed E-state index contributed by atoms with van der Waals surface area (Å²) in [7, 11) is 0. The van der Waals surface area contributed by atoms with Crippen molar-refractivity contribution in [2.75, 3.05) is 6.61 Å². The highest BCUT2D eigenvalue weighted by atomic mass is 16.8. The first-order valence-corrected chi connectivity index (χ1v) is 13.8. The van der Waals surface area contributed by atoms with E-state index in [1.807, 2.05) is 0 Å². The van der Waals surface area contributed by atoms with E-state index in [1.165, 1.54) is 12.2 Å². The minimum atomic E-state index is -2.32. The van der Waals surface area contributed by atoms with Gasteiger partial charge in [0, 0.05) is 5.92 Å². The quantitative estimate of drug-likeness (QED) is 0.344. The first-order valence-electron chi connectivity index (χ1n) is 13.8. The van der Waals surface area contributed by atoms with E-state index in [-0.39, 0.29) is 38.7 Å². The summed E-state index contributed by atoms with van der Waals surface area (Å²) in [4.78, 5) is 55.5. The molecule has 5 saturated heterocycles. The monoisotopic (exact) mass is 544 g/mol. The number of rotatable bonds is 0. The summed E-state index contributed by atoms with van der Waals surface area (Å²) in [5.74, 6) is -8.35. The van der Waals surface area contributed by atoms with Gasteiger partial charge < -0.3 is 34.3 Å². The molecule has 2 saturated carbocycles. The fourth-order valence-corrected chi connectivity index (χ4v) is 10.6. The number of hydrogen-bond donors (Lipinski definition) is 3. The molecule has 8 rings (SSSR count). The largest absolute Gasteiger partial charge is 0.458 e.